The van der Waals surface area contributed by atoms with Crippen LogP contribution in [0.3, 0.4) is 0 Å². The second-order valence-corrected chi connectivity index (χ2v) is 3.59. The molecule has 0 spiro atoms. The average Bonchev–Trinajstić information content (AvgIpc) is 2.14. The number of aliphatic hydroxyl groups excluding tert-OH is 1. The number of nitrogens with one attached hydrogen (secondary N) is 1. The molecular formula is C5H10INO. The van der Waals surface area contributed by atoms with Crippen molar-refractivity contribution >= 4 is 22.6 Å². The van der Waals surface area contributed by atoms with E-state index in [9.17, 15) is 0 Å². The van der Waals surface area contributed by atoms with Gasteiger partial charge in [0.05, 0.1) is 10.7 Å². The van der Waals surface area contributed by atoms with Gasteiger partial charge in [0.1, 0.15) is 0 Å². The molecule has 0 radical (unpaired) electrons. The van der Waals surface area contributed by atoms with Crippen LogP contribution in [-0.2, 0) is 0 Å². The summed E-state index contributed by atoms with van der Waals surface area (Å²) in [4.78, 5) is 0. The Hall–Kier alpha value is 0.650. The number of halogens is 1. The molecule has 1 heterocycles. The van der Waals surface area contributed by atoms with Gasteiger partial charge in [-0.2, -0.15) is 0 Å². The maximum Gasteiger partial charge on any atom is 0.0597 e. The first-order chi connectivity index (χ1) is 3.83. The zero-order chi connectivity index (χ0) is 5.98. The Morgan fingerprint density at radius 3 is 2.62 bits per heavy atom. The van der Waals surface area contributed by atoms with Gasteiger partial charge in [0.2, 0.25) is 0 Å². The maximum absolute atomic E-state index is 8.62. The van der Waals surface area contributed by atoms with Gasteiger partial charge in [0, 0.05) is 6.04 Å². The molecule has 2 N–H and O–H groups in total. The van der Waals surface area contributed by atoms with Crippen LogP contribution in [-0.4, -0.2) is 21.8 Å². The van der Waals surface area contributed by atoms with Gasteiger partial charge >= 0.3 is 0 Å². The standard InChI is InChI=1S/C5H10INO/c6-5-2-1-4(3-8)7-5/h4-5,7-8H,1-3H2. The molecule has 0 amide bonds. The third-order valence-electron chi connectivity index (χ3n) is 1.41. The van der Waals surface area contributed by atoms with E-state index in [0.717, 1.165) is 6.42 Å². The first-order valence-electron chi connectivity index (χ1n) is 2.84. The van der Waals surface area contributed by atoms with E-state index in [-0.39, 0.29) is 0 Å². The summed E-state index contributed by atoms with van der Waals surface area (Å²) in [6.45, 7) is 0.291. The van der Waals surface area contributed by atoms with Crippen molar-refractivity contribution in [2.45, 2.75) is 22.9 Å². The Balaban J connectivity index is 2.22. The highest BCUT2D eigenvalue weighted by Crippen LogP contribution is 2.16. The van der Waals surface area contributed by atoms with Crippen LogP contribution < -0.4 is 5.32 Å². The fourth-order valence-corrected chi connectivity index (χ4v) is 1.78. The quantitative estimate of drug-likeness (QED) is 0.388. The molecule has 2 nitrogen and oxygen atoms in total. The van der Waals surface area contributed by atoms with Crippen molar-refractivity contribution in [3.63, 3.8) is 0 Å². The van der Waals surface area contributed by atoms with E-state index in [2.05, 4.69) is 27.9 Å². The Labute approximate surface area is 62.8 Å². The molecule has 0 aromatic carbocycles. The van der Waals surface area contributed by atoms with Gasteiger partial charge in [-0.3, -0.25) is 0 Å². The molecule has 1 fully saturated rings. The van der Waals surface area contributed by atoms with E-state index < -0.39 is 0 Å². The summed E-state index contributed by atoms with van der Waals surface area (Å²) >= 11 is 2.35. The van der Waals surface area contributed by atoms with E-state index in [1.165, 1.54) is 6.42 Å². The maximum atomic E-state index is 8.62. The monoisotopic (exact) mass is 227 g/mol. The predicted molar refractivity (Wildman–Crippen MR) is 41.1 cm³/mol. The summed E-state index contributed by atoms with van der Waals surface area (Å²) in [6, 6.07) is 0.372. The van der Waals surface area contributed by atoms with Crippen LogP contribution in [0.1, 0.15) is 12.8 Å². The van der Waals surface area contributed by atoms with Gasteiger partial charge in [-0.1, -0.05) is 22.6 Å². The largest absolute Gasteiger partial charge is 0.395 e. The summed E-state index contributed by atoms with van der Waals surface area (Å²) < 4.78 is 0.588. The molecule has 8 heavy (non-hydrogen) atoms. The molecule has 1 aliphatic rings. The van der Waals surface area contributed by atoms with Crippen LogP contribution in [0, 0.1) is 0 Å². The molecule has 0 aromatic heterocycles. The highest BCUT2D eigenvalue weighted by Gasteiger charge is 2.19. The minimum Gasteiger partial charge on any atom is -0.395 e. The number of alkyl halides is 1. The third kappa shape index (κ3) is 1.56. The summed E-state index contributed by atoms with van der Waals surface area (Å²) in [7, 11) is 0. The lowest BCUT2D eigenvalue weighted by atomic mass is 10.2. The van der Waals surface area contributed by atoms with E-state index in [1.807, 2.05) is 0 Å². The van der Waals surface area contributed by atoms with Gasteiger partial charge < -0.3 is 10.4 Å². The summed E-state index contributed by atoms with van der Waals surface area (Å²) in [5, 5.41) is 11.9. The van der Waals surface area contributed by atoms with E-state index in [1.54, 1.807) is 0 Å². The van der Waals surface area contributed by atoms with Crippen molar-refractivity contribution in [2.24, 2.45) is 0 Å². The third-order valence-corrected chi connectivity index (χ3v) is 2.39. The fraction of sp³-hybridized carbons (Fsp3) is 1.00. The van der Waals surface area contributed by atoms with Gasteiger partial charge in [-0.25, -0.2) is 0 Å². The van der Waals surface area contributed by atoms with Crippen molar-refractivity contribution in [3.8, 4) is 0 Å². The lowest BCUT2D eigenvalue weighted by molar-refractivity contribution is 0.255. The molecule has 0 aliphatic carbocycles. The van der Waals surface area contributed by atoms with Crippen molar-refractivity contribution in [1.82, 2.24) is 5.32 Å². The Morgan fingerprint density at radius 2 is 2.38 bits per heavy atom. The summed E-state index contributed by atoms with van der Waals surface area (Å²) in [6.07, 6.45) is 2.33. The normalized spacial score (nSPS) is 38.2. The summed E-state index contributed by atoms with van der Waals surface area (Å²) in [5.41, 5.74) is 0. The smallest absolute Gasteiger partial charge is 0.0597 e. The lowest BCUT2D eigenvalue weighted by Crippen LogP contribution is -2.28. The number of aliphatic hydroxyl groups is 1. The van der Waals surface area contributed by atoms with Crippen LogP contribution in [0.15, 0.2) is 0 Å². The van der Waals surface area contributed by atoms with Crippen LogP contribution in [0.4, 0.5) is 0 Å². The molecule has 0 saturated carbocycles. The molecule has 1 saturated heterocycles. The average molecular weight is 227 g/mol. The minimum absolute atomic E-state index is 0.291. The molecule has 2 atom stereocenters. The Morgan fingerprint density at radius 1 is 1.62 bits per heavy atom. The highest BCUT2D eigenvalue weighted by molar-refractivity contribution is 14.1. The van der Waals surface area contributed by atoms with E-state index in [4.69, 9.17) is 5.11 Å². The predicted octanol–water partition coefficient (Wildman–Crippen LogP) is 0.492. The van der Waals surface area contributed by atoms with Gasteiger partial charge in [-0.15, -0.1) is 0 Å². The number of hydrogen-bond donors (Lipinski definition) is 2. The van der Waals surface area contributed by atoms with Crippen LogP contribution >= 0.6 is 22.6 Å². The highest BCUT2D eigenvalue weighted by atomic mass is 127. The van der Waals surface area contributed by atoms with Gasteiger partial charge in [0.15, 0.2) is 0 Å². The molecule has 2 unspecified atom stereocenters. The molecule has 48 valence electrons. The molecule has 1 rings (SSSR count). The van der Waals surface area contributed by atoms with Crippen LogP contribution in [0.5, 0.6) is 0 Å². The SMILES string of the molecule is OCC1CCC(I)N1. The summed E-state index contributed by atoms with van der Waals surface area (Å²) in [5.74, 6) is 0. The number of hydrogen-bond acceptors (Lipinski definition) is 2. The lowest BCUT2D eigenvalue weighted by Gasteiger charge is -2.04. The Kier molecular flexibility index (Phi) is 2.52. The van der Waals surface area contributed by atoms with Gasteiger partial charge in [-0.05, 0) is 12.8 Å². The first kappa shape index (κ1) is 6.77. The van der Waals surface area contributed by atoms with E-state index >= 15 is 0 Å². The topological polar surface area (TPSA) is 32.3 Å². The molecule has 1 aliphatic heterocycles. The van der Waals surface area contributed by atoms with Crippen LogP contribution in [0.2, 0.25) is 0 Å². The molecular weight excluding hydrogens is 217 g/mol. The zero-order valence-corrected chi connectivity index (χ0v) is 6.76. The van der Waals surface area contributed by atoms with Gasteiger partial charge in [0.25, 0.3) is 0 Å². The molecule has 0 aromatic rings. The van der Waals surface area contributed by atoms with Crippen LogP contribution in [0.25, 0.3) is 0 Å². The van der Waals surface area contributed by atoms with Crippen molar-refractivity contribution in [3.05, 3.63) is 0 Å². The number of rotatable bonds is 1. The van der Waals surface area contributed by atoms with Crippen molar-refractivity contribution < 1.29 is 5.11 Å². The zero-order valence-electron chi connectivity index (χ0n) is 4.60. The minimum atomic E-state index is 0.291. The van der Waals surface area contributed by atoms with Crippen molar-refractivity contribution in [2.75, 3.05) is 6.61 Å². The fourth-order valence-electron chi connectivity index (χ4n) is 0.914. The second-order valence-electron chi connectivity index (χ2n) is 2.09. The second kappa shape index (κ2) is 2.98. The first-order valence-corrected chi connectivity index (χ1v) is 4.08. The molecule has 0 bridgehead atoms. The Bertz CT molecular complexity index is 78.8. The van der Waals surface area contributed by atoms with E-state index in [0.29, 0.717) is 16.7 Å². The molecule has 3 heteroatoms. The van der Waals surface area contributed by atoms with Crippen molar-refractivity contribution in [1.29, 1.82) is 0 Å².